The van der Waals surface area contributed by atoms with Crippen molar-refractivity contribution in [2.24, 2.45) is 0 Å². The third-order valence-corrected chi connectivity index (χ3v) is 2.50. The molecule has 16 heavy (non-hydrogen) atoms. The summed E-state index contributed by atoms with van der Waals surface area (Å²) in [6, 6.07) is -0.241. The number of amides is 1. The van der Waals surface area contributed by atoms with Gasteiger partial charge in [-0.25, -0.2) is 0 Å². The Labute approximate surface area is 91.6 Å². The lowest BCUT2D eigenvalue weighted by Gasteiger charge is -2.11. The Bertz CT molecular complexity index is 424. The van der Waals surface area contributed by atoms with Gasteiger partial charge in [-0.2, -0.15) is 5.10 Å². The van der Waals surface area contributed by atoms with Gasteiger partial charge < -0.3 is 5.32 Å². The monoisotopic (exact) mass is 224 g/mol. The highest BCUT2D eigenvalue weighted by Gasteiger charge is 2.27. The zero-order valence-electron chi connectivity index (χ0n) is 8.79. The van der Waals surface area contributed by atoms with Crippen LogP contribution in [0.2, 0.25) is 0 Å². The Morgan fingerprint density at radius 2 is 2.44 bits per heavy atom. The molecule has 1 atom stereocenters. The molecule has 0 bridgehead atoms. The van der Waals surface area contributed by atoms with Crippen LogP contribution in [0.4, 0.5) is 5.69 Å². The first kappa shape index (κ1) is 10.6. The van der Waals surface area contributed by atoms with Crippen LogP contribution in [0.1, 0.15) is 25.8 Å². The lowest BCUT2D eigenvalue weighted by Crippen LogP contribution is -2.32. The van der Waals surface area contributed by atoms with Gasteiger partial charge in [0.2, 0.25) is 5.91 Å². The van der Waals surface area contributed by atoms with E-state index < -0.39 is 11.0 Å². The molecule has 0 spiro atoms. The summed E-state index contributed by atoms with van der Waals surface area (Å²) in [5, 5.41) is 17.1. The van der Waals surface area contributed by atoms with Crippen molar-refractivity contribution in [3.63, 3.8) is 0 Å². The maximum Gasteiger partial charge on any atom is 0.307 e. The molecule has 7 nitrogen and oxygen atoms in total. The third-order valence-electron chi connectivity index (χ3n) is 2.50. The molecule has 7 heteroatoms. The van der Waals surface area contributed by atoms with Gasteiger partial charge in [-0.3, -0.25) is 19.6 Å². The van der Waals surface area contributed by atoms with E-state index in [4.69, 9.17) is 0 Å². The maximum atomic E-state index is 11.6. The lowest BCUT2D eigenvalue weighted by atomic mass is 10.3. The first-order valence-electron chi connectivity index (χ1n) is 5.07. The largest absolute Gasteiger partial charge is 0.352 e. The Kier molecular flexibility index (Phi) is 2.59. The topological polar surface area (TPSA) is 90.1 Å². The quantitative estimate of drug-likeness (QED) is 0.600. The summed E-state index contributed by atoms with van der Waals surface area (Å²) in [5.41, 5.74) is -0.105. The van der Waals surface area contributed by atoms with Crippen LogP contribution in [-0.2, 0) is 4.79 Å². The van der Waals surface area contributed by atoms with E-state index in [1.54, 1.807) is 6.92 Å². The minimum atomic E-state index is -0.533. The fraction of sp³-hybridized carbons (Fsp3) is 0.556. The summed E-state index contributed by atoms with van der Waals surface area (Å²) in [5.74, 6) is -0.152. The van der Waals surface area contributed by atoms with Crippen molar-refractivity contribution in [2.75, 3.05) is 0 Å². The average Bonchev–Trinajstić information content (AvgIpc) is 2.91. The van der Waals surface area contributed by atoms with Crippen molar-refractivity contribution in [1.29, 1.82) is 0 Å². The van der Waals surface area contributed by atoms with E-state index in [0.29, 0.717) is 0 Å². The molecule has 0 aliphatic heterocycles. The van der Waals surface area contributed by atoms with Crippen LogP contribution in [-0.4, -0.2) is 26.7 Å². The normalized spacial score (nSPS) is 16.8. The van der Waals surface area contributed by atoms with Crippen LogP contribution in [0.5, 0.6) is 0 Å². The smallest absolute Gasteiger partial charge is 0.307 e. The number of hydrogen-bond donors (Lipinski definition) is 1. The van der Waals surface area contributed by atoms with E-state index >= 15 is 0 Å². The van der Waals surface area contributed by atoms with E-state index in [-0.39, 0.29) is 17.6 Å². The van der Waals surface area contributed by atoms with Crippen molar-refractivity contribution in [3.8, 4) is 0 Å². The van der Waals surface area contributed by atoms with Crippen molar-refractivity contribution < 1.29 is 9.72 Å². The molecule has 1 saturated carbocycles. The summed E-state index contributed by atoms with van der Waals surface area (Å²) >= 11 is 0. The second-order valence-electron chi connectivity index (χ2n) is 3.89. The van der Waals surface area contributed by atoms with Gasteiger partial charge in [-0.1, -0.05) is 0 Å². The second-order valence-corrected chi connectivity index (χ2v) is 3.89. The van der Waals surface area contributed by atoms with Crippen LogP contribution in [0, 0.1) is 10.1 Å². The van der Waals surface area contributed by atoms with Crippen LogP contribution < -0.4 is 5.32 Å². The van der Waals surface area contributed by atoms with E-state index in [1.165, 1.54) is 10.9 Å². The molecule has 1 unspecified atom stereocenters. The van der Waals surface area contributed by atoms with Gasteiger partial charge >= 0.3 is 5.69 Å². The number of hydrogen-bond acceptors (Lipinski definition) is 4. The highest BCUT2D eigenvalue weighted by Crippen LogP contribution is 2.20. The van der Waals surface area contributed by atoms with Crippen molar-refractivity contribution in [2.45, 2.75) is 31.8 Å². The number of carbonyl (C=O) groups is 1. The van der Waals surface area contributed by atoms with E-state index in [1.807, 2.05) is 0 Å². The number of carbonyl (C=O) groups excluding carboxylic acids is 1. The predicted molar refractivity (Wildman–Crippen MR) is 54.8 cm³/mol. The minimum absolute atomic E-state index is 0.105. The van der Waals surface area contributed by atoms with Crippen LogP contribution in [0.25, 0.3) is 0 Å². The molecule has 1 N–H and O–H groups in total. The number of aromatic nitrogens is 2. The van der Waals surface area contributed by atoms with Gasteiger partial charge in [0.15, 0.2) is 0 Å². The van der Waals surface area contributed by atoms with Crippen LogP contribution >= 0.6 is 0 Å². The molecule has 1 heterocycles. The molecule has 1 aromatic rings. The predicted octanol–water partition coefficient (Wildman–Crippen LogP) is 0.631. The Morgan fingerprint density at radius 3 is 2.94 bits per heavy atom. The maximum absolute atomic E-state index is 11.6. The molecule has 1 aliphatic carbocycles. The zero-order chi connectivity index (χ0) is 11.7. The molecule has 1 fully saturated rings. The molecule has 1 aliphatic rings. The number of nitrogens with one attached hydrogen (secondary N) is 1. The van der Waals surface area contributed by atoms with Crippen molar-refractivity contribution >= 4 is 11.6 Å². The molecule has 0 aromatic carbocycles. The van der Waals surface area contributed by atoms with Gasteiger partial charge in [0.05, 0.1) is 4.92 Å². The lowest BCUT2D eigenvalue weighted by molar-refractivity contribution is -0.385. The number of nitrogens with zero attached hydrogens (tertiary/aromatic N) is 3. The first-order chi connectivity index (χ1) is 7.58. The van der Waals surface area contributed by atoms with Crippen molar-refractivity contribution in [1.82, 2.24) is 15.1 Å². The zero-order valence-corrected chi connectivity index (χ0v) is 8.79. The van der Waals surface area contributed by atoms with E-state index in [0.717, 1.165) is 19.0 Å². The summed E-state index contributed by atoms with van der Waals surface area (Å²) in [6.45, 7) is 1.66. The molecule has 1 amide bonds. The SMILES string of the molecule is CC(C(=O)NC1CC1)n1cc([N+](=O)[O-])cn1. The summed E-state index contributed by atoms with van der Waals surface area (Å²) in [7, 11) is 0. The highest BCUT2D eigenvalue weighted by molar-refractivity contribution is 5.80. The van der Waals surface area contributed by atoms with Gasteiger partial charge in [-0.05, 0) is 19.8 Å². The molecule has 0 saturated heterocycles. The minimum Gasteiger partial charge on any atom is -0.352 e. The van der Waals surface area contributed by atoms with Gasteiger partial charge in [0, 0.05) is 6.04 Å². The number of nitro groups is 1. The van der Waals surface area contributed by atoms with Gasteiger partial charge in [0.25, 0.3) is 0 Å². The summed E-state index contributed by atoms with van der Waals surface area (Å²) in [6.07, 6.45) is 4.42. The van der Waals surface area contributed by atoms with E-state index in [2.05, 4.69) is 10.4 Å². The number of rotatable bonds is 4. The average molecular weight is 224 g/mol. The molecule has 86 valence electrons. The summed E-state index contributed by atoms with van der Waals surface area (Å²) in [4.78, 5) is 21.5. The van der Waals surface area contributed by atoms with Gasteiger partial charge in [-0.15, -0.1) is 0 Å². The molecule has 2 rings (SSSR count). The Balaban J connectivity index is 2.03. The van der Waals surface area contributed by atoms with Crippen LogP contribution in [0.15, 0.2) is 12.4 Å². The standard InChI is InChI=1S/C9H12N4O3/c1-6(9(14)11-7-2-3-7)12-5-8(4-10-12)13(15)16/h4-7H,2-3H2,1H3,(H,11,14). The Hall–Kier alpha value is -1.92. The second kappa shape index (κ2) is 3.92. The highest BCUT2D eigenvalue weighted by atomic mass is 16.6. The Morgan fingerprint density at radius 1 is 1.75 bits per heavy atom. The van der Waals surface area contributed by atoms with Crippen LogP contribution in [0.3, 0.4) is 0 Å². The molecular formula is C9H12N4O3. The molecular weight excluding hydrogens is 212 g/mol. The van der Waals surface area contributed by atoms with Gasteiger partial charge in [0.1, 0.15) is 18.4 Å². The van der Waals surface area contributed by atoms with Crippen molar-refractivity contribution in [3.05, 3.63) is 22.5 Å². The fourth-order valence-electron chi connectivity index (χ4n) is 1.30. The summed E-state index contributed by atoms with van der Waals surface area (Å²) < 4.78 is 1.30. The molecule has 0 radical (unpaired) electrons. The third kappa shape index (κ3) is 2.18. The molecule has 1 aromatic heterocycles. The fourth-order valence-corrected chi connectivity index (χ4v) is 1.30. The van der Waals surface area contributed by atoms with E-state index in [9.17, 15) is 14.9 Å². The first-order valence-corrected chi connectivity index (χ1v) is 5.07.